The van der Waals surface area contributed by atoms with Gasteiger partial charge in [0.25, 0.3) is 0 Å². The molecule has 1 aliphatic rings. The minimum absolute atomic E-state index is 0.277. The summed E-state index contributed by atoms with van der Waals surface area (Å²) in [5, 5.41) is 17.6. The number of hydrogen-bond acceptors (Lipinski definition) is 9. The third kappa shape index (κ3) is 4.90. The normalized spacial score (nSPS) is 14.8. The summed E-state index contributed by atoms with van der Waals surface area (Å²) < 4.78 is 26.4. The van der Waals surface area contributed by atoms with Crippen molar-refractivity contribution in [1.29, 1.82) is 0 Å². The summed E-state index contributed by atoms with van der Waals surface area (Å²) >= 11 is 3.09. The van der Waals surface area contributed by atoms with E-state index in [9.17, 15) is 4.39 Å². The average Bonchev–Trinajstić information content (AvgIpc) is 3.58. The van der Waals surface area contributed by atoms with E-state index in [4.69, 9.17) is 9.26 Å². The van der Waals surface area contributed by atoms with E-state index in [1.165, 1.54) is 23.9 Å². The Bertz CT molecular complexity index is 1140. The van der Waals surface area contributed by atoms with E-state index in [0.717, 1.165) is 49.1 Å². The molecule has 5 rings (SSSR count). The molecule has 0 amide bonds. The molecule has 4 heterocycles. The van der Waals surface area contributed by atoms with Gasteiger partial charge in [0.15, 0.2) is 11.0 Å². The molecule has 0 saturated carbocycles. The summed E-state index contributed by atoms with van der Waals surface area (Å²) in [6.45, 7) is 4.88. The lowest BCUT2D eigenvalue weighted by Crippen LogP contribution is -2.38. The van der Waals surface area contributed by atoms with Crippen molar-refractivity contribution < 1.29 is 13.7 Å². The van der Waals surface area contributed by atoms with Crippen molar-refractivity contribution in [2.45, 2.75) is 17.5 Å². The number of halogens is 1. The number of thiophene rings is 1. The molecule has 4 aromatic rings. The molecule has 8 nitrogen and oxygen atoms in total. The summed E-state index contributed by atoms with van der Waals surface area (Å²) in [6, 6.07) is 8.29. The highest BCUT2D eigenvalue weighted by atomic mass is 32.2. The van der Waals surface area contributed by atoms with E-state index in [1.807, 2.05) is 16.8 Å². The Morgan fingerprint density at radius 3 is 2.66 bits per heavy atom. The number of ether oxygens (including phenoxy) is 1. The minimum Gasteiger partial charge on any atom is -0.379 e. The molecule has 1 aromatic carbocycles. The second-order valence-electron chi connectivity index (χ2n) is 7.23. The highest BCUT2D eigenvalue weighted by Gasteiger charge is 2.18. The van der Waals surface area contributed by atoms with Crippen LogP contribution >= 0.6 is 23.1 Å². The van der Waals surface area contributed by atoms with Crippen LogP contribution in [0.2, 0.25) is 0 Å². The smallest absolute Gasteiger partial charge is 0.237 e. The van der Waals surface area contributed by atoms with Crippen molar-refractivity contribution in [2.75, 3.05) is 32.8 Å². The van der Waals surface area contributed by atoms with E-state index < -0.39 is 0 Å². The van der Waals surface area contributed by atoms with E-state index in [1.54, 1.807) is 23.5 Å². The first-order chi connectivity index (χ1) is 15.8. The Hall–Kier alpha value is -2.60. The van der Waals surface area contributed by atoms with Crippen LogP contribution in [-0.2, 0) is 17.0 Å². The molecule has 0 spiro atoms. The average molecular weight is 473 g/mol. The van der Waals surface area contributed by atoms with Gasteiger partial charge in [-0.15, -0.1) is 10.2 Å². The summed E-state index contributed by atoms with van der Waals surface area (Å²) in [4.78, 5) is 6.84. The van der Waals surface area contributed by atoms with E-state index in [-0.39, 0.29) is 5.82 Å². The lowest BCUT2D eigenvalue weighted by molar-refractivity contribution is 0.0361. The van der Waals surface area contributed by atoms with Crippen LogP contribution in [0.4, 0.5) is 4.39 Å². The standard InChI is InChI=1S/C21H21FN6O2S2/c22-17-3-1-15(2-4-17)20-24-25-21(28(20)7-6-27-8-10-29-11-9-27)32-14-18-23-19(26-30-18)16-5-12-31-13-16/h1-5,12-13H,6-11,14H2. The maximum atomic E-state index is 13.4. The van der Waals surface area contributed by atoms with E-state index in [0.29, 0.717) is 29.8 Å². The van der Waals surface area contributed by atoms with Gasteiger partial charge in [-0.2, -0.15) is 16.3 Å². The fourth-order valence-corrected chi connectivity index (χ4v) is 4.86. The predicted molar refractivity (Wildman–Crippen MR) is 120 cm³/mol. The zero-order valence-electron chi connectivity index (χ0n) is 17.2. The maximum Gasteiger partial charge on any atom is 0.237 e. The SMILES string of the molecule is Fc1ccc(-c2nnc(SCc3nc(-c4ccsc4)no3)n2CCN2CCOCC2)cc1. The van der Waals surface area contributed by atoms with Crippen LogP contribution in [0, 0.1) is 5.82 Å². The summed E-state index contributed by atoms with van der Waals surface area (Å²) in [5.41, 5.74) is 1.77. The van der Waals surface area contributed by atoms with Gasteiger partial charge in [-0.25, -0.2) is 4.39 Å². The highest BCUT2D eigenvalue weighted by molar-refractivity contribution is 7.98. The number of benzene rings is 1. The van der Waals surface area contributed by atoms with Gasteiger partial charge in [0.05, 0.1) is 19.0 Å². The largest absolute Gasteiger partial charge is 0.379 e. The van der Waals surface area contributed by atoms with Crippen LogP contribution in [0.1, 0.15) is 5.89 Å². The number of nitrogens with zero attached hydrogens (tertiary/aromatic N) is 6. The molecule has 1 fully saturated rings. The third-order valence-corrected chi connectivity index (χ3v) is 6.77. The molecule has 166 valence electrons. The second kappa shape index (κ2) is 9.90. The molecule has 0 bridgehead atoms. The zero-order chi connectivity index (χ0) is 21.8. The molecular formula is C21H21FN6O2S2. The van der Waals surface area contributed by atoms with Crippen LogP contribution in [-0.4, -0.2) is 62.7 Å². The van der Waals surface area contributed by atoms with Crippen molar-refractivity contribution in [1.82, 2.24) is 29.8 Å². The van der Waals surface area contributed by atoms with Gasteiger partial charge >= 0.3 is 0 Å². The van der Waals surface area contributed by atoms with Crippen molar-refractivity contribution in [3.05, 3.63) is 52.8 Å². The predicted octanol–water partition coefficient (Wildman–Crippen LogP) is 3.82. The third-order valence-electron chi connectivity index (χ3n) is 5.14. The molecule has 0 aliphatic carbocycles. The van der Waals surface area contributed by atoms with Crippen molar-refractivity contribution in [2.24, 2.45) is 0 Å². The van der Waals surface area contributed by atoms with Crippen molar-refractivity contribution in [3.63, 3.8) is 0 Å². The van der Waals surface area contributed by atoms with Gasteiger partial charge in [0.1, 0.15) is 5.82 Å². The quantitative estimate of drug-likeness (QED) is 0.358. The van der Waals surface area contributed by atoms with Crippen LogP contribution in [0.25, 0.3) is 22.8 Å². The van der Waals surface area contributed by atoms with Gasteiger partial charge in [-0.3, -0.25) is 4.90 Å². The lowest BCUT2D eigenvalue weighted by Gasteiger charge is -2.27. The Labute approximate surface area is 192 Å². The molecule has 11 heteroatoms. The number of rotatable bonds is 8. The summed E-state index contributed by atoms with van der Waals surface area (Å²) in [5.74, 6) is 2.03. The molecule has 32 heavy (non-hydrogen) atoms. The van der Waals surface area contributed by atoms with Crippen molar-refractivity contribution in [3.8, 4) is 22.8 Å². The Morgan fingerprint density at radius 2 is 1.88 bits per heavy atom. The maximum absolute atomic E-state index is 13.4. The van der Waals surface area contributed by atoms with Gasteiger partial charge in [0.2, 0.25) is 11.7 Å². The molecule has 1 aliphatic heterocycles. The monoisotopic (exact) mass is 472 g/mol. The van der Waals surface area contributed by atoms with Crippen LogP contribution in [0.15, 0.2) is 50.8 Å². The number of morpholine rings is 1. The van der Waals surface area contributed by atoms with Gasteiger partial charge in [0, 0.05) is 42.7 Å². The molecule has 0 unspecified atom stereocenters. The summed E-state index contributed by atoms with van der Waals surface area (Å²) in [7, 11) is 0. The molecular weight excluding hydrogens is 451 g/mol. The minimum atomic E-state index is -0.277. The van der Waals surface area contributed by atoms with Crippen LogP contribution in [0.5, 0.6) is 0 Å². The Kier molecular flexibility index (Phi) is 6.58. The first-order valence-corrected chi connectivity index (χ1v) is 12.2. The first-order valence-electron chi connectivity index (χ1n) is 10.2. The van der Waals surface area contributed by atoms with Crippen LogP contribution < -0.4 is 0 Å². The highest BCUT2D eigenvalue weighted by Crippen LogP contribution is 2.27. The summed E-state index contributed by atoms with van der Waals surface area (Å²) in [6.07, 6.45) is 0. The second-order valence-corrected chi connectivity index (χ2v) is 8.95. The molecule has 0 atom stereocenters. The topological polar surface area (TPSA) is 82.1 Å². The number of thioether (sulfide) groups is 1. The van der Waals surface area contributed by atoms with Crippen molar-refractivity contribution >= 4 is 23.1 Å². The van der Waals surface area contributed by atoms with Crippen LogP contribution in [0.3, 0.4) is 0 Å². The van der Waals surface area contributed by atoms with Gasteiger partial charge < -0.3 is 13.8 Å². The number of aromatic nitrogens is 5. The van der Waals surface area contributed by atoms with Gasteiger partial charge in [-0.05, 0) is 35.7 Å². The zero-order valence-corrected chi connectivity index (χ0v) is 18.8. The molecule has 0 radical (unpaired) electrons. The molecule has 0 N–H and O–H groups in total. The molecule has 1 saturated heterocycles. The van der Waals surface area contributed by atoms with E-state index >= 15 is 0 Å². The lowest BCUT2D eigenvalue weighted by atomic mass is 10.2. The first kappa shape index (κ1) is 21.3. The Morgan fingerprint density at radius 1 is 1.03 bits per heavy atom. The Balaban J connectivity index is 1.34. The fraction of sp³-hybridized carbons (Fsp3) is 0.333. The fourth-order valence-electron chi connectivity index (χ4n) is 3.42. The number of hydrogen-bond donors (Lipinski definition) is 0. The van der Waals surface area contributed by atoms with E-state index in [2.05, 4.69) is 29.8 Å². The van der Waals surface area contributed by atoms with Gasteiger partial charge in [-0.1, -0.05) is 16.9 Å². The molecule has 3 aromatic heterocycles.